The number of rotatable bonds is 7. The summed E-state index contributed by atoms with van der Waals surface area (Å²) in [6.07, 6.45) is 10.1. The zero-order chi connectivity index (χ0) is 25.5. The summed E-state index contributed by atoms with van der Waals surface area (Å²) in [5.74, 6) is 1.28. The van der Waals surface area contributed by atoms with E-state index in [1.807, 2.05) is 41.1 Å². The molecule has 0 bridgehead atoms. The van der Waals surface area contributed by atoms with E-state index in [4.69, 9.17) is 4.98 Å². The highest BCUT2D eigenvalue weighted by Crippen LogP contribution is 2.32. The fourth-order valence-electron chi connectivity index (χ4n) is 5.32. The van der Waals surface area contributed by atoms with E-state index in [0.29, 0.717) is 25.5 Å². The van der Waals surface area contributed by atoms with Crippen LogP contribution in [0.1, 0.15) is 32.1 Å². The van der Waals surface area contributed by atoms with E-state index in [9.17, 15) is 16.8 Å². The minimum Gasteiger partial charge on any atom is -0.370 e. The lowest BCUT2D eigenvalue weighted by Gasteiger charge is -2.29. The van der Waals surface area contributed by atoms with Crippen LogP contribution >= 0.6 is 0 Å². The van der Waals surface area contributed by atoms with E-state index in [0.717, 1.165) is 48.1 Å². The third-order valence-corrected chi connectivity index (χ3v) is 9.49. The number of aromatic nitrogens is 3. The molecular weight excluding hydrogens is 500 g/mol. The molecule has 1 atom stereocenters. The van der Waals surface area contributed by atoms with Crippen molar-refractivity contribution >= 4 is 42.4 Å². The summed E-state index contributed by atoms with van der Waals surface area (Å²) >= 11 is 0. The molecule has 2 fully saturated rings. The van der Waals surface area contributed by atoms with Gasteiger partial charge in [0.15, 0.2) is 9.84 Å². The molecule has 1 aliphatic heterocycles. The van der Waals surface area contributed by atoms with Crippen LogP contribution in [0.4, 0.5) is 11.6 Å². The lowest BCUT2D eigenvalue weighted by atomic mass is 9.92. The van der Waals surface area contributed by atoms with Gasteiger partial charge in [0, 0.05) is 54.9 Å². The van der Waals surface area contributed by atoms with Crippen LogP contribution in [0, 0.1) is 0 Å². The molecule has 1 saturated carbocycles. The predicted octanol–water partition coefficient (Wildman–Crippen LogP) is 2.32. The van der Waals surface area contributed by atoms with E-state index in [-0.39, 0.29) is 17.3 Å². The van der Waals surface area contributed by atoms with Gasteiger partial charge in [-0.05, 0) is 56.4 Å². The van der Waals surface area contributed by atoms with E-state index in [1.54, 1.807) is 6.20 Å². The first kappa shape index (κ1) is 25.0. The first-order valence-electron chi connectivity index (χ1n) is 12.2. The fourth-order valence-corrected chi connectivity index (χ4v) is 7.14. The molecule has 1 saturated heterocycles. The van der Waals surface area contributed by atoms with E-state index >= 15 is 0 Å². The van der Waals surface area contributed by atoms with Crippen molar-refractivity contribution in [3.05, 3.63) is 42.7 Å². The first-order chi connectivity index (χ1) is 17.1. The van der Waals surface area contributed by atoms with Crippen LogP contribution in [0.3, 0.4) is 0 Å². The Morgan fingerprint density at radius 2 is 1.69 bits per heavy atom. The van der Waals surface area contributed by atoms with Gasteiger partial charge >= 0.3 is 0 Å². The topological polar surface area (TPSA) is 126 Å². The molecule has 3 heterocycles. The first-order valence-corrected chi connectivity index (χ1v) is 16.0. The van der Waals surface area contributed by atoms with Crippen LogP contribution < -0.4 is 14.9 Å². The second-order valence-corrected chi connectivity index (χ2v) is 14.0. The lowest BCUT2D eigenvalue weighted by Crippen LogP contribution is -2.39. The zero-order valence-electron chi connectivity index (χ0n) is 20.5. The van der Waals surface area contributed by atoms with Crippen LogP contribution in [0.15, 0.2) is 42.7 Å². The van der Waals surface area contributed by atoms with Crippen LogP contribution in [0.25, 0.3) is 16.7 Å². The molecule has 2 N–H and O–H groups in total. The lowest BCUT2D eigenvalue weighted by molar-refractivity contribution is 0.387. The summed E-state index contributed by atoms with van der Waals surface area (Å²) in [6.45, 7) is 1.22. The Kier molecular flexibility index (Phi) is 6.69. The quantitative estimate of drug-likeness (QED) is 0.475. The summed E-state index contributed by atoms with van der Waals surface area (Å²) in [4.78, 5) is 11.3. The second kappa shape index (κ2) is 9.64. The number of nitrogens with zero attached hydrogens (tertiary/aromatic N) is 4. The van der Waals surface area contributed by atoms with Gasteiger partial charge in [0.05, 0.1) is 17.0 Å². The van der Waals surface area contributed by atoms with Crippen molar-refractivity contribution in [1.82, 2.24) is 19.3 Å². The highest BCUT2D eigenvalue weighted by atomic mass is 32.2. The Morgan fingerprint density at radius 3 is 2.39 bits per heavy atom. The molecule has 0 radical (unpaired) electrons. The Labute approximate surface area is 212 Å². The van der Waals surface area contributed by atoms with Crippen molar-refractivity contribution in [2.45, 2.75) is 49.4 Å². The number of nitrogens with one attached hydrogen (secondary N) is 2. The maximum atomic E-state index is 12.0. The molecule has 36 heavy (non-hydrogen) atoms. The van der Waals surface area contributed by atoms with Crippen LogP contribution in [-0.2, 0) is 19.9 Å². The molecule has 5 rings (SSSR count). The summed E-state index contributed by atoms with van der Waals surface area (Å²) in [7, 11) is -6.26. The summed E-state index contributed by atoms with van der Waals surface area (Å²) < 4.78 is 51.8. The largest absolute Gasteiger partial charge is 0.370 e. The maximum absolute atomic E-state index is 12.0. The van der Waals surface area contributed by atoms with Crippen molar-refractivity contribution < 1.29 is 16.8 Å². The standard InChI is InChI=1S/C24H32N6O4S2/c1-35(31,32)19-11-14-29(16-19)21-4-3-5-22-20(21)12-15-30(22)23-10-13-25-24(27-23)26-17-6-8-18(9-7-17)28-36(2,33)34/h3-5,10,12-13,15,17-19,28H,6-9,11,14,16H2,1-2H3,(H,25,26,27). The molecule has 1 aromatic carbocycles. The van der Waals surface area contributed by atoms with Gasteiger partial charge in [0.25, 0.3) is 0 Å². The number of hydrogen-bond acceptors (Lipinski definition) is 8. The Hall–Kier alpha value is -2.70. The van der Waals surface area contributed by atoms with Gasteiger partial charge in [-0.25, -0.2) is 26.5 Å². The highest BCUT2D eigenvalue weighted by Gasteiger charge is 2.31. The highest BCUT2D eigenvalue weighted by molar-refractivity contribution is 7.91. The smallest absolute Gasteiger partial charge is 0.224 e. The Balaban J connectivity index is 1.32. The molecular formula is C24H32N6O4S2. The van der Waals surface area contributed by atoms with Crippen molar-refractivity contribution in [2.24, 2.45) is 0 Å². The third-order valence-electron chi connectivity index (χ3n) is 7.13. The summed E-state index contributed by atoms with van der Waals surface area (Å²) in [5, 5.41) is 4.13. The van der Waals surface area contributed by atoms with E-state index in [2.05, 4.69) is 19.9 Å². The molecule has 1 aliphatic carbocycles. The maximum Gasteiger partial charge on any atom is 0.224 e. The fraction of sp³-hybridized carbons (Fsp3) is 0.500. The van der Waals surface area contributed by atoms with Gasteiger partial charge in [-0.1, -0.05) is 6.07 Å². The summed E-state index contributed by atoms with van der Waals surface area (Å²) in [6, 6.07) is 10.1. The average Bonchev–Trinajstić information content (AvgIpc) is 3.47. The predicted molar refractivity (Wildman–Crippen MR) is 142 cm³/mol. The molecule has 194 valence electrons. The second-order valence-electron chi connectivity index (χ2n) is 9.90. The van der Waals surface area contributed by atoms with Crippen LogP contribution in [0.2, 0.25) is 0 Å². The number of anilines is 2. The molecule has 0 spiro atoms. The number of fused-ring (bicyclic) bond motifs is 1. The normalized spacial score (nSPS) is 23.3. The molecule has 2 aliphatic rings. The van der Waals surface area contributed by atoms with Gasteiger partial charge in [-0.2, -0.15) is 4.98 Å². The minimum atomic E-state index is -3.19. The van der Waals surface area contributed by atoms with Crippen molar-refractivity contribution in [3.8, 4) is 5.82 Å². The van der Waals surface area contributed by atoms with Gasteiger partial charge < -0.3 is 14.8 Å². The molecule has 2 aromatic heterocycles. The Bertz CT molecular complexity index is 1460. The van der Waals surface area contributed by atoms with E-state index < -0.39 is 19.9 Å². The minimum absolute atomic E-state index is 0.0194. The van der Waals surface area contributed by atoms with Gasteiger partial charge in [-0.3, -0.25) is 0 Å². The molecule has 10 nitrogen and oxygen atoms in total. The van der Waals surface area contributed by atoms with Gasteiger partial charge in [0.2, 0.25) is 16.0 Å². The SMILES string of the molecule is CS(=O)(=O)NC1CCC(Nc2nccc(-n3ccc4c(N5CCC(S(C)(=O)=O)C5)cccc43)n2)CC1. The zero-order valence-corrected chi connectivity index (χ0v) is 22.1. The van der Waals surface area contributed by atoms with Gasteiger partial charge in [0.1, 0.15) is 5.82 Å². The molecule has 0 amide bonds. The van der Waals surface area contributed by atoms with Gasteiger partial charge in [-0.15, -0.1) is 0 Å². The monoisotopic (exact) mass is 532 g/mol. The van der Waals surface area contributed by atoms with Crippen molar-refractivity contribution in [1.29, 1.82) is 0 Å². The third kappa shape index (κ3) is 5.50. The van der Waals surface area contributed by atoms with Crippen LogP contribution in [-0.4, -0.2) is 74.3 Å². The van der Waals surface area contributed by atoms with Crippen molar-refractivity contribution in [2.75, 3.05) is 35.8 Å². The number of sulfone groups is 1. The average molecular weight is 533 g/mol. The Morgan fingerprint density at radius 1 is 0.944 bits per heavy atom. The van der Waals surface area contributed by atoms with Crippen LogP contribution in [0.5, 0.6) is 0 Å². The van der Waals surface area contributed by atoms with E-state index in [1.165, 1.54) is 12.5 Å². The number of benzene rings is 1. The molecule has 3 aromatic rings. The number of sulfonamides is 1. The summed E-state index contributed by atoms with van der Waals surface area (Å²) in [5.41, 5.74) is 2.02. The van der Waals surface area contributed by atoms with Crippen molar-refractivity contribution in [3.63, 3.8) is 0 Å². The molecule has 1 unspecified atom stereocenters. The number of hydrogen-bond donors (Lipinski definition) is 2. The molecule has 12 heteroatoms.